The molecule has 2 heterocycles. The Morgan fingerprint density at radius 1 is 0.950 bits per heavy atom. The van der Waals surface area contributed by atoms with Crippen LogP contribution in [0.2, 0.25) is 0 Å². The first-order valence-corrected chi connectivity index (χ1v) is 14.9. The van der Waals surface area contributed by atoms with Gasteiger partial charge in [-0.2, -0.15) is 0 Å². The quantitative estimate of drug-likeness (QED) is 0.151. The number of esters is 1. The summed E-state index contributed by atoms with van der Waals surface area (Å²) in [5.41, 5.74) is 7.72. The van der Waals surface area contributed by atoms with Gasteiger partial charge in [0.05, 0.1) is 24.1 Å². The zero-order chi connectivity index (χ0) is 27.5. The topological polar surface area (TPSA) is 84.1 Å². The van der Waals surface area contributed by atoms with Gasteiger partial charge in [0.1, 0.15) is 5.00 Å². The van der Waals surface area contributed by atoms with Gasteiger partial charge in [-0.15, -0.1) is 11.3 Å². The minimum Gasteiger partial charge on any atom is -0.465 e. The monoisotopic (exact) mass is 565 g/mol. The molecule has 40 heavy (non-hydrogen) atoms. The van der Waals surface area contributed by atoms with Gasteiger partial charge in [0.15, 0.2) is 5.16 Å². The molecule has 8 heteroatoms. The number of thioether (sulfide) groups is 1. The smallest absolute Gasteiger partial charge is 0.341 e. The number of H-pyrrole nitrogens is 1. The fraction of sp³-hybridized carbons (Fsp3) is 0.156. The standard InChI is InChI=1S/C32H27N3O3S2/c1-38-31(37)26-24-17-16-20-10-8-9-15-23(20)29(24)40-30(26)33-25(36)18-19-39-32-34-27(21-11-4-2-5-12-21)28(35-32)22-13-6-3-7-14-22/h2-15H,16-19H2,1H3,(H,33,36)(H,34,35). The molecule has 0 fully saturated rings. The van der Waals surface area contributed by atoms with Crippen LogP contribution in [0.3, 0.4) is 0 Å². The van der Waals surface area contributed by atoms with E-state index in [1.165, 1.54) is 35.8 Å². The third kappa shape index (κ3) is 5.20. The minimum atomic E-state index is -0.418. The van der Waals surface area contributed by atoms with Crippen LogP contribution in [-0.4, -0.2) is 34.7 Å². The zero-order valence-electron chi connectivity index (χ0n) is 21.9. The highest BCUT2D eigenvalue weighted by Crippen LogP contribution is 2.45. The number of thiophene rings is 1. The Bertz CT molecular complexity index is 1620. The second kappa shape index (κ2) is 11.5. The van der Waals surface area contributed by atoms with E-state index >= 15 is 0 Å². The number of amides is 1. The number of benzene rings is 3. The van der Waals surface area contributed by atoms with E-state index in [-0.39, 0.29) is 12.3 Å². The van der Waals surface area contributed by atoms with Crippen LogP contribution in [0.15, 0.2) is 90.1 Å². The van der Waals surface area contributed by atoms with E-state index < -0.39 is 5.97 Å². The molecule has 2 aromatic heterocycles. The first kappa shape index (κ1) is 26.1. The highest BCUT2D eigenvalue weighted by molar-refractivity contribution is 7.99. The molecule has 2 N–H and O–H groups in total. The van der Waals surface area contributed by atoms with Gasteiger partial charge in [-0.3, -0.25) is 4.79 Å². The van der Waals surface area contributed by atoms with Gasteiger partial charge in [0.2, 0.25) is 5.91 Å². The molecule has 0 unspecified atom stereocenters. The van der Waals surface area contributed by atoms with E-state index in [1.807, 2.05) is 60.7 Å². The van der Waals surface area contributed by atoms with Crippen LogP contribution in [0.25, 0.3) is 33.0 Å². The number of hydrogen-bond donors (Lipinski definition) is 2. The number of carbonyl (C=O) groups excluding carboxylic acids is 2. The Labute approximate surface area is 240 Å². The Kier molecular flexibility index (Phi) is 7.53. The first-order chi connectivity index (χ1) is 19.6. The summed E-state index contributed by atoms with van der Waals surface area (Å²) in [4.78, 5) is 35.1. The molecule has 1 aliphatic rings. The van der Waals surface area contributed by atoms with Gasteiger partial charge in [-0.1, -0.05) is 96.7 Å². The maximum Gasteiger partial charge on any atom is 0.341 e. The Hall–Kier alpha value is -4.14. The summed E-state index contributed by atoms with van der Waals surface area (Å²) in [6.45, 7) is 0. The minimum absolute atomic E-state index is 0.150. The molecule has 1 amide bonds. The van der Waals surface area contributed by atoms with Gasteiger partial charge in [0.25, 0.3) is 0 Å². The number of imidazole rings is 1. The summed E-state index contributed by atoms with van der Waals surface area (Å²) in [7, 11) is 1.38. The van der Waals surface area contributed by atoms with Crippen LogP contribution >= 0.6 is 23.1 Å². The van der Waals surface area contributed by atoms with Crippen molar-refractivity contribution in [1.29, 1.82) is 0 Å². The van der Waals surface area contributed by atoms with E-state index in [2.05, 4.69) is 34.6 Å². The maximum absolute atomic E-state index is 13.0. The van der Waals surface area contributed by atoms with Gasteiger partial charge in [-0.25, -0.2) is 9.78 Å². The summed E-state index contributed by atoms with van der Waals surface area (Å²) in [5, 5.41) is 4.31. The van der Waals surface area contributed by atoms with E-state index in [4.69, 9.17) is 9.72 Å². The predicted molar refractivity (Wildman–Crippen MR) is 162 cm³/mol. The van der Waals surface area contributed by atoms with Crippen molar-refractivity contribution in [2.45, 2.75) is 24.4 Å². The molecule has 0 bridgehead atoms. The average molecular weight is 566 g/mol. The number of nitrogens with one attached hydrogen (secondary N) is 2. The van der Waals surface area contributed by atoms with E-state index in [0.717, 1.165) is 56.5 Å². The number of carbonyl (C=O) groups is 2. The van der Waals surface area contributed by atoms with Gasteiger partial charge in [-0.05, 0) is 29.5 Å². The lowest BCUT2D eigenvalue weighted by molar-refractivity contribution is -0.115. The molecule has 6 nitrogen and oxygen atoms in total. The Morgan fingerprint density at radius 3 is 2.40 bits per heavy atom. The van der Waals surface area contributed by atoms with Crippen molar-refractivity contribution in [2.75, 3.05) is 18.2 Å². The molecule has 1 aliphatic carbocycles. The molecular weight excluding hydrogens is 539 g/mol. The van der Waals surface area contributed by atoms with Crippen molar-refractivity contribution >= 4 is 40.0 Å². The number of anilines is 1. The van der Waals surface area contributed by atoms with E-state index in [1.54, 1.807) is 0 Å². The van der Waals surface area contributed by atoms with Gasteiger partial charge < -0.3 is 15.0 Å². The third-order valence-corrected chi connectivity index (χ3v) is 8.97. The highest BCUT2D eigenvalue weighted by Gasteiger charge is 2.29. The number of aromatic nitrogens is 2. The molecule has 0 aliphatic heterocycles. The van der Waals surface area contributed by atoms with E-state index in [0.29, 0.717) is 16.3 Å². The fourth-order valence-electron chi connectivity index (χ4n) is 5.01. The van der Waals surface area contributed by atoms with Crippen LogP contribution in [0, 0.1) is 0 Å². The molecule has 5 aromatic rings. The summed E-state index contributed by atoms with van der Waals surface area (Å²) in [6.07, 6.45) is 1.87. The summed E-state index contributed by atoms with van der Waals surface area (Å²) >= 11 is 2.95. The number of methoxy groups -OCH3 is 1. The molecule has 200 valence electrons. The number of nitrogens with zero attached hydrogens (tertiary/aromatic N) is 1. The fourth-order valence-corrected chi connectivity index (χ4v) is 7.14. The first-order valence-electron chi connectivity index (χ1n) is 13.1. The molecule has 0 radical (unpaired) electrons. The Morgan fingerprint density at radius 2 is 1.65 bits per heavy atom. The molecule has 0 spiro atoms. The van der Waals surface area contributed by atoms with Crippen LogP contribution in [-0.2, 0) is 22.4 Å². The number of fused-ring (bicyclic) bond motifs is 3. The molecule has 0 atom stereocenters. The molecule has 0 saturated heterocycles. The largest absolute Gasteiger partial charge is 0.465 e. The summed E-state index contributed by atoms with van der Waals surface area (Å²) < 4.78 is 5.10. The van der Waals surface area contributed by atoms with Crippen molar-refractivity contribution < 1.29 is 14.3 Å². The lowest BCUT2D eigenvalue weighted by Gasteiger charge is -2.16. The number of rotatable bonds is 8. The van der Waals surface area contributed by atoms with Crippen LogP contribution in [0.4, 0.5) is 5.00 Å². The van der Waals surface area contributed by atoms with E-state index in [9.17, 15) is 9.59 Å². The second-order valence-electron chi connectivity index (χ2n) is 9.41. The number of ether oxygens (including phenoxy) is 1. The van der Waals surface area contributed by atoms with Crippen molar-refractivity contribution in [2.24, 2.45) is 0 Å². The SMILES string of the molecule is COC(=O)c1c(NC(=O)CCSc2nc(-c3ccccc3)c(-c3ccccc3)[nH]2)sc2c1CCc1ccccc1-2. The molecule has 0 saturated carbocycles. The predicted octanol–water partition coefficient (Wildman–Crippen LogP) is 7.48. The summed E-state index contributed by atoms with van der Waals surface area (Å²) in [6, 6.07) is 28.4. The molecule has 6 rings (SSSR count). The zero-order valence-corrected chi connectivity index (χ0v) is 23.5. The lowest BCUT2D eigenvalue weighted by Crippen LogP contribution is -2.15. The summed E-state index contributed by atoms with van der Waals surface area (Å²) in [5.74, 6) is -0.0368. The normalized spacial score (nSPS) is 11.9. The van der Waals surface area contributed by atoms with Crippen molar-refractivity contribution in [3.63, 3.8) is 0 Å². The van der Waals surface area contributed by atoms with Gasteiger partial charge in [0, 0.05) is 28.2 Å². The van der Waals surface area contributed by atoms with Crippen LogP contribution in [0.1, 0.15) is 27.9 Å². The Balaban J connectivity index is 1.18. The lowest BCUT2D eigenvalue weighted by atomic mass is 9.89. The van der Waals surface area contributed by atoms with Crippen LogP contribution < -0.4 is 5.32 Å². The van der Waals surface area contributed by atoms with Crippen LogP contribution in [0.5, 0.6) is 0 Å². The van der Waals surface area contributed by atoms with Crippen molar-refractivity contribution in [3.8, 4) is 33.0 Å². The highest BCUT2D eigenvalue weighted by atomic mass is 32.2. The molecular formula is C32H27N3O3S2. The average Bonchev–Trinajstić information content (AvgIpc) is 3.59. The third-order valence-electron chi connectivity index (χ3n) is 6.92. The molecule has 3 aromatic carbocycles. The second-order valence-corrected chi connectivity index (χ2v) is 11.5. The number of aryl methyl sites for hydroxylation is 1. The van der Waals surface area contributed by atoms with Crippen molar-refractivity contribution in [3.05, 3.63) is 102 Å². The number of hydrogen-bond acceptors (Lipinski definition) is 6. The maximum atomic E-state index is 13.0. The number of aromatic amines is 1. The van der Waals surface area contributed by atoms with Gasteiger partial charge >= 0.3 is 5.97 Å². The van der Waals surface area contributed by atoms with Crippen molar-refractivity contribution in [1.82, 2.24) is 9.97 Å².